The highest BCUT2D eigenvalue weighted by atomic mass is 19.1. The van der Waals surface area contributed by atoms with Crippen molar-refractivity contribution in [2.75, 3.05) is 11.1 Å². The molecule has 0 bridgehead atoms. The van der Waals surface area contributed by atoms with Crippen molar-refractivity contribution < 1.29 is 9.18 Å². The van der Waals surface area contributed by atoms with Crippen molar-refractivity contribution in [1.82, 2.24) is 0 Å². The van der Waals surface area contributed by atoms with Crippen LogP contribution in [0.4, 0.5) is 15.8 Å². The van der Waals surface area contributed by atoms with Gasteiger partial charge in [0.05, 0.1) is 11.4 Å². The van der Waals surface area contributed by atoms with Crippen molar-refractivity contribution in [3.8, 4) is 0 Å². The normalized spacial score (nSPS) is 21.9. The van der Waals surface area contributed by atoms with Gasteiger partial charge < -0.3 is 11.1 Å². The first-order valence-electron chi connectivity index (χ1n) is 6.76. The van der Waals surface area contributed by atoms with Gasteiger partial charge in [-0.1, -0.05) is 26.7 Å². The number of halogens is 1. The second kappa shape index (κ2) is 5.19. The topological polar surface area (TPSA) is 55.1 Å². The van der Waals surface area contributed by atoms with Gasteiger partial charge in [0.15, 0.2) is 0 Å². The monoisotopic (exact) mass is 264 g/mol. The fraction of sp³-hybridized carbons (Fsp3) is 0.533. The Balaban J connectivity index is 2.14. The zero-order chi connectivity index (χ0) is 14.0. The van der Waals surface area contributed by atoms with Crippen LogP contribution in [0.25, 0.3) is 0 Å². The molecule has 1 fully saturated rings. The van der Waals surface area contributed by atoms with Crippen LogP contribution in [0.15, 0.2) is 18.2 Å². The minimum absolute atomic E-state index is 0.00950. The van der Waals surface area contributed by atoms with Crippen molar-refractivity contribution >= 4 is 17.3 Å². The lowest BCUT2D eigenvalue weighted by atomic mass is 9.68. The Kier molecular flexibility index (Phi) is 3.78. The molecule has 1 saturated carbocycles. The van der Waals surface area contributed by atoms with E-state index in [0.29, 0.717) is 11.4 Å². The van der Waals surface area contributed by atoms with Crippen molar-refractivity contribution in [1.29, 1.82) is 0 Å². The predicted molar refractivity (Wildman–Crippen MR) is 75.2 cm³/mol. The molecule has 0 radical (unpaired) electrons. The summed E-state index contributed by atoms with van der Waals surface area (Å²) in [6.07, 6.45) is 4.16. The van der Waals surface area contributed by atoms with E-state index in [1.54, 1.807) is 0 Å². The molecule has 1 unspecified atom stereocenters. The fourth-order valence-electron chi connectivity index (χ4n) is 2.84. The van der Waals surface area contributed by atoms with Crippen molar-refractivity contribution in [2.24, 2.45) is 11.3 Å². The van der Waals surface area contributed by atoms with Crippen LogP contribution in [0, 0.1) is 17.2 Å². The molecule has 3 nitrogen and oxygen atoms in total. The highest BCUT2D eigenvalue weighted by Gasteiger charge is 2.37. The largest absolute Gasteiger partial charge is 0.397 e. The van der Waals surface area contributed by atoms with E-state index in [4.69, 9.17) is 5.73 Å². The molecule has 0 saturated heterocycles. The number of nitrogen functional groups attached to an aromatic ring is 1. The number of hydrogen-bond donors (Lipinski definition) is 2. The molecule has 0 spiro atoms. The molecule has 1 aromatic rings. The molecule has 1 amide bonds. The van der Waals surface area contributed by atoms with Gasteiger partial charge in [-0.25, -0.2) is 4.39 Å². The Morgan fingerprint density at radius 1 is 1.42 bits per heavy atom. The molecule has 0 aromatic heterocycles. The molecule has 19 heavy (non-hydrogen) atoms. The number of carbonyl (C=O) groups excluding carboxylic acids is 1. The van der Waals surface area contributed by atoms with E-state index in [-0.39, 0.29) is 17.2 Å². The molecular formula is C15H21FN2O. The molecule has 104 valence electrons. The maximum Gasteiger partial charge on any atom is 0.228 e. The molecule has 4 heteroatoms. The summed E-state index contributed by atoms with van der Waals surface area (Å²) in [7, 11) is 0. The molecule has 1 aliphatic rings. The van der Waals surface area contributed by atoms with E-state index in [1.807, 2.05) is 0 Å². The minimum atomic E-state index is -0.396. The number of nitrogens with one attached hydrogen (secondary N) is 1. The number of benzene rings is 1. The first-order valence-corrected chi connectivity index (χ1v) is 6.76. The maximum atomic E-state index is 13.2. The molecule has 3 N–H and O–H groups in total. The van der Waals surface area contributed by atoms with Crippen LogP contribution < -0.4 is 11.1 Å². The van der Waals surface area contributed by atoms with Crippen LogP contribution in [0.1, 0.15) is 39.5 Å². The number of rotatable bonds is 2. The van der Waals surface area contributed by atoms with Crippen LogP contribution in [-0.2, 0) is 4.79 Å². The quantitative estimate of drug-likeness (QED) is 0.802. The van der Waals surface area contributed by atoms with Gasteiger partial charge in [-0.15, -0.1) is 0 Å². The zero-order valence-corrected chi connectivity index (χ0v) is 11.5. The summed E-state index contributed by atoms with van der Waals surface area (Å²) in [6.45, 7) is 4.23. The van der Waals surface area contributed by atoms with Crippen molar-refractivity contribution in [3.63, 3.8) is 0 Å². The number of amides is 1. The Labute approximate surface area is 113 Å². The van der Waals surface area contributed by atoms with Gasteiger partial charge >= 0.3 is 0 Å². The van der Waals surface area contributed by atoms with Gasteiger partial charge in [-0.05, 0) is 36.5 Å². The van der Waals surface area contributed by atoms with Crippen molar-refractivity contribution in [3.05, 3.63) is 24.0 Å². The van der Waals surface area contributed by atoms with Crippen LogP contribution in [0.3, 0.4) is 0 Å². The predicted octanol–water partition coefficient (Wildman–Crippen LogP) is 3.56. The van der Waals surface area contributed by atoms with E-state index in [0.717, 1.165) is 19.3 Å². The number of anilines is 2. The van der Waals surface area contributed by atoms with Crippen LogP contribution in [-0.4, -0.2) is 5.91 Å². The van der Waals surface area contributed by atoms with Crippen LogP contribution >= 0.6 is 0 Å². The van der Waals surface area contributed by atoms with E-state index in [2.05, 4.69) is 19.2 Å². The highest BCUT2D eigenvalue weighted by molar-refractivity contribution is 5.95. The highest BCUT2D eigenvalue weighted by Crippen LogP contribution is 2.41. The third-order valence-electron chi connectivity index (χ3n) is 4.10. The summed E-state index contributed by atoms with van der Waals surface area (Å²) in [5.74, 6) is -0.488. The Hall–Kier alpha value is -1.58. The summed E-state index contributed by atoms with van der Waals surface area (Å²) < 4.78 is 13.2. The maximum absolute atomic E-state index is 13.2. The summed E-state index contributed by atoms with van der Waals surface area (Å²) in [5, 5.41) is 2.77. The third-order valence-corrected chi connectivity index (χ3v) is 4.10. The molecule has 1 aliphatic carbocycles. The minimum Gasteiger partial charge on any atom is -0.397 e. The molecule has 0 heterocycles. The molecule has 0 aliphatic heterocycles. The lowest BCUT2D eigenvalue weighted by Gasteiger charge is -2.37. The Bertz CT molecular complexity index is 485. The zero-order valence-electron chi connectivity index (χ0n) is 11.5. The van der Waals surface area contributed by atoms with Gasteiger partial charge in [-0.3, -0.25) is 4.79 Å². The second-order valence-corrected chi connectivity index (χ2v) is 6.01. The summed E-state index contributed by atoms with van der Waals surface area (Å²) >= 11 is 0. The Morgan fingerprint density at radius 2 is 2.16 bits per heavy atom. The van der Waals surface area contributed by atoms with Crippen LogP contribution in [0.5, 0.6) is 0 Å². The molecule has 1 aromatic carbocycles. The van der Waals surface area contributed by atoms with E-state index in [9.17, 15) is 9.18 Å². The van der Waals surface area contributed by atoms with E-state index >= 15 is 0 Å². The fourth-order valence-corrected chi connectivity index (χ4v) is 2.84. The first-order chi connectivity index (χ1) is 8.90. The summed E-state index contributed by atoms with van der Waals surface area (Å²) in [5.41, 5.74) is 6.50. The Morgan fingerprint density at radius 3 is 2.84 bits per heavy atom. The van der Waals surface area contributed by atoms with Gasteiger partial charge in [0, 0.05) is 5.92 Å². The molecule has 2 rings (SSSR count). The smallest absolute Gasteiger partial charge is 0.228 e. The summed E-state index contributed by atoms with van der Waals surface area (Å²) in [4.78, 5) is 12.4. The first kappa shape index (κ1) is 13.8. The van der Waals surface area contributed by atoms with Gasteiger partial charge in [0.1, 0.15) is 5.82 Å². The van der Waals surface area contributed by atoms with Gasteiger partial charge in [0.2, 0.25) is 5.91 Å². The average Bonchev–Trinajstić information content (AvgIpc) is 2.33. The average molecular weight is 264 g/mol. The summed E-state index contributed by atoms with van der Waals surface area (Å²) in [6, 6.07) is 4.02. The number of carbonyl (C=O) groups is 1. The lowest BCUT2D eigenvalue weighted by Crippen LogP contribution is -2.37. The standard InChI is InChI=1S/C15H21FN2O/c1-15(2)8-4-3-5-11(15)14(19)18-13-9-10(16)6-7-12(13)17/h6-7,9,11H,3-5,8,17H2,1-2H3,(H,18,19). The van der Waals surface area contributed by atoms with Crippen LogP contribution in [0.2, 0.25) is 0 Å². The van der Waals surface area contributed by atoms with E-state index < -0.39 is 5.82 Å². The van der Waals surface area contributed by atoms with Gasteiger partial charge in [0.25, 0.3) is 0 Å². The molecule has 1 atom stereocenters. The van der Waals surface area contributed by atoms with E-state index in [1.165, 1.54) is 24.6 Å². The second-order valence-electron chi connectivity index (χ2n) is 6.01. The van der Waals surface area contributed by atoms with Gasteiger partial charge in [-0.2, -0.15) is 0 Å². The number of hydrogen-bond acceptors (Lipinski definition) is 2. The third kappa shape index (κ3) is 3.06. The molecular weight excluding hydrogens is 243 g/mol. The SMILES string of the molecule is CC1(C)CCCCC1C(=O)Nc1cc(F)ccc1N. The van der Waals surface area contributed by atoms with Crippen molar-refractivity contribution in [2.45, 2.75) is 39.5 Å². The number of nitrogens with two attached hydrogens (primary N) is 1. The lowest BCUT2D eigenvalue weighted by molar-refractivity contribution is -0.124.